The van der Waals surface area contributed by atoms with Gasteiger partial charge in [0.15, 0.2) is 5.82 Å². The number of hydrogen-bond acceptors (Lipinski definition) is 7. The summed E-state index contributed by atoms with van der Waals surface area (Å²) in [6, 6.07) is 12.2. The molecule has 0 aliphatic heterocycles. The lowest BCUT2D eigenvalue weighted by Gasteiger charge is -2.14. The molecule has 0 fully saturated rings. The molecule has 11 nitrogen and oxygen atoms in total. The molecule has 0 atom stereocenters. The number of primary amides is 1. The molecular formula is C26H18BrClF3N9O2. The van der Waals surface area contributed by atoms with Gasteiger partial charge < -0.3 is 11.1 Å². The predicted molar refractivity (Wildman–Crippen MR) is 149 cm³/mol. The number of aromatic nitrogens is 7. The summed E-state index contributed by atoms with van der Waals surface area (Å²) in [5.41, 5.74) is 6.29. The number of benzene rings is 2. The van der Waals surface area contributed by atoms with Crippen molar-refractivity contribution in [3.8, 4) is 17.2 Å². The number of hydrogen-bond donors (Lipinski definition) is 2. The van der Waals surface area contributed by atoms with E-state index in [1.165, 1.54) is 39.9 Å². The van der Waals surface area contributed by atoms with Gasteiger partial charge in [0.1, 0.15) is 12.2 Å². The molecule has 5 aromatic rings. The maximum atomic E-state index is 13.5. The molecule has 2 amide bonds. The lowest BCUT2D eigenvalue weighted by molar-refractivity contribution is -0.137. The Morgan fingerprint density at radius 2 is 1.83 bits per heavy atom. The van der Waals surface area contributed by atoms with E-state index < -0.39 is 23.6 Å². The molecule has 16 heteroatoms. The van der Waals surface area contributed by atoms with Crippen LogP contribution in [0, 0.1) is 6.92 Å². The number of aryl methyl sites for hydroxylation is 1. The first-order chi connectivity index (χ1) is 19.9. The van der Waals surface area contributed by atoms with Crippen molar-refractivity contribution in [2.45, 2.75) is 19.6 Å². The van der Waals surface area contributed by atoms with Crippen LogP contribution in [0.1, 0.15) is 37.7 Å². The molecule has 5 rings (SSSR count). The zero-order valence-electron chi connectivity index (χ0n) is 21.4. The lowest BCUT2D eigenvalue weighted by atomic mass is 10.1. The van der Waals surface area contributed by atoms with Gasteiger partial charge in [-0.3, -0.25) is 9.59 Å². The number of carbonyl (C=O) groups is 2. The lowest BCUT2D eigenvalue weighted by Crippen LogP contribution is -2.21. The van der Waals surface area contributed by atoms with Crippen LogP contribution in [0.25, 0.3) is 17.2 Å². The molecule has 0 aliphatic rings. The highest BCUT2D eigenvalue weighted by Crippen LogP contribution is 2.30. The van der Waals surface area contributed by atoms with E-state index in [1.54, 1.807) is 25.1 Å². The Labute approximate surface area is 248 Å². The minimum Gasteiger partial charge on any atom is -0.366 e. The van der Waals surface area contributed by atoms with E-state index in [4.69, 9.17) is 17.3 Å². The minimum absolute atomic E-state index is 0.0198. The van der Waals surface area contributed by atoms with Gasteiger partial charge in [-0.15, -0.1) is 10.2 Å². The second-order valence-corrected chi connectivity index (χ2v) is 10.2. The smallest absolute Gasteiger partial charge is 0.366 e. The molecule has 0 unspecified atom stereocenters. The van der Waals surface area contributed by atoms with Gasteiger partial charge in [0.25, 0.3) is 11.8 Å². The Hall–Kier alpha value is -4.63. The molecule has 0 spiro atoms. The van der Waals surface area contributed by atoms with E-state index in [0.29, 0.717) is 21.3 Å². The first kappa shape index (κ1) is 28.9. The monoisotopic (exact) mass is 659 g/mol. The van der Waals surface area contributed by atoms with Gasteiger partial charge in [0.05, 0.1) is 27.5 Å². The van der Waals surface area contributed by atoms with Crippen molar-refractivity contribution in [2.24, 2.45) is 5.73 Å². The zero-order valence-corrected chi connectivity index (χ0v) is 23.7. The van der Waals surface area contributed by atoms with Gasteiger partial charge in [0, 0.05) is 16.2 Å². The molecule has 3 aromatic heterocycles. The van der Waals surface area contributed by atoms with Crippen molar-refractivity contribution in [1.29, 1.82) is 0 Å². The third-order valence-corrected chi connectivity index (χ3v) is 6.72. The van der Waals surface area contributed by atoms with Gasteiger partial charge in [-0.2, -0.15) is 23.1 Å². The van der Waals surface area contributed by atoms with Crippen LogP contribution >= 0.6 is 27.5 Å². The van der Waals surface area contributed by atoms with Gasteiger partial charge >= 0.3 is 6.18 Å². The molecule has 3 N–H and O–H groups in total. The Morgan fingerprint density at radius 1 is 1.10 bits per heavy atom. The van der Waals surface area contributed by atoms with Crippen LogP contribution < -0.4 is 11.1 Å². The highest BCUT2D eigenvalue weighted by atomic mass is 79.9. The quantitative estimate of drug-likeness (QED) is 0.248. The standard InChI is InChI=1S/C26H18BrClF3N9O2/c1-13-9-16(27)10-18(22(32)41)21(13)34-25(42)20-11-17(36-40(20)24-19(28)3-2-8-33-24)12-39-37-23(35-38-39)14-4-6-15(7-5-14)26(29,30)31/h2-11H,12H2,1H3,(H2,32,41)(H,34,42). The summed E-state index contributed by atoms with van der Waals surface area (Å²) in [6.45, 7) is 1.64. The van der Waals surface area contributed by atoms with Crippen LogP contribution in [0.2, 0.25) is 5.02 Å². The van der Waals surface area contributed by atoms with Crippen LogP contribution in [-0.2, 0) is 12.7 Å². The fourth-order valence-corrected chi connectivity index (χ4v) is 4.80. The van der Waals surface area contributed by atoms with Crippen LogP contribution in [0.5, 0.6) is 0 Å². The first-order valence-electron chi connectivity index (χ1n) is 12.0. The minimum atomic E-state index is -4.47. The SMILES string of the molecule is Cc1cc(Br)cc(C(N)=O)c1NC(=O)c1cc(Cn2nnc(-c3ccc(C(F)(F)F)cc3)n2)nn1-c1ncccc1Cl. The van der Waals surface area contributed by atoms with Crippen molar-refractivity contribution in [2.75, 3.05) is 5.32 Å². The Balaban J connectivity index is 1.47. The van der Waals surface area contributed by atoms with E-state index in [2.05, 4.69) is 46.7 Å². The van der Waals surface area contributed by atoms with Crippen molar-refractivity contribution >= 4 is 45.0 Å². The number of nitrogens with one attached hydrogen (secondary N) is 1. The number of amides is 2. The number of pyridine rings is 1. The second-order valence-electron chi connectivity index (χ2n) is 8.92. The number of anilines is 1. The molecule has 0 saturated heterocycles. The highest BCUT2D eigenvalue weighted by molar-refractivity contribution is 9.10. The normalized spacial score (nSPS) is 11.5. The van der Waals surface area contributed by atoms with Gasteiger partial charge in [-0.1, -0.05) is 39.7 Å². The molecule has 2 aromatic carbocycles. The van der Waals surface area contributed by atoms with E-state index in [0.717, 1.165) is 12.1 Å². The van der Waals surface area contributed by atoms with Crippen molar-refractivity contribution in [3.05, 3.63) is 98.4 Å². The molecule has 0 radical (unpaired) electrons. The number of nitrogens with two attached hydrogens (primary N) is 1. The molecular weight excluding hydrogens is 643 g/mol. The number of alkyl halides is 3. The van der Waals surface area contributed by atoms with Gasteiger partial charge in [0.2, 0.25) is 5.82 Å². The summed E-state index contributed by atoms with van der Waals surface area (Å²) in [6.07, 6.45) is -3.00. The summed E-state index contributed by atoms with van der Waals surface area (Å²) >= 11 is 9.67. The Morgan fingerprint density at radius 3 is 2.50 bits per heavy atom. The molecule has 0 saturated carbocycles. The average molecular weight is 661 g/mol. The number of halogens is 5. The molecule has 214 valence electrons. The third kappa shape index (κ3) is 6.01. The zero-order chi connectivity index (χ0) is 30.2. The third-order valence-electron chi connectivity index (χ3n) is 5.96. The maximum absolute atomic E-state index is 13.5. The highest BCUT2D eigenvalue weighted by Gasteiger charge is 2.30. The topological polar surface area (TPSA) is 146 Å². The van der Waals surface area contributed by atoms with Crippen molar-refractivity contribution in [1.82, 2.24) is 35.0 Å². The van der Waals surface area contributed by atoms with Crippen molar-refractivity contribution < 1.29 is 22.8 Å². The summed E-state index contributed by atoms with van der Waals surface area (Å²) in [5, 5.41) is 19.5. The first-order valence-corrected chi connectivity index (χ1v) is 13.1. The van der Waals surface area contributed by atoms with Crippen LogP contribution in [0.15, 0.2) is 65.3 Å². The van der Waals surface area contributed by atoms with Crippen LogP contribution in [0.3, 0.4) is 0 Å². The largest absolute Gasteiger partial charge is 0.416 e. The van der Waals surface area contributed by atoms with E-state index in [1.807, 2.05) is 0 Å². The number of tetrazole rings is 1. The average Bonchev–Trinajstić information content (AvgIpc) is 3.57. The van der Waals surface area contributed by atoms with Crippen LogP contribution in [0.4, 0.5) is 18.9 Å². The predicted octanol–water partition coefficient (Wildman–Crippen LogP) is 5.06. The van der Waals surface area contributed by atoms with Crippen LogP contribution in [-0.4, -0.2) is 46.8 Å². The fraction of sp³-hybridized carbons (Fsp3) is 0.115. The van der Waals surface area contributed by atoms with Crippen molar-refractivity contribution in [3.63, 3.8) is 0 Å². The summed E-state index contributed by atoms with van der Waals surface area (Å²) in [5.74, 6) is -1.12. The Kier molecular flexibility index (Phi) is 7.79. The van der Waals surface area contributed by atoms with E-state index in [9.17, 15) is 22.8 Å². The fourth-order valence-electron chi connectivity index (χ4n) is 4.02. The molecule has 42 heavy (non-hydrogen) atoms. The number of carbonyl (C=O) groups excluding carboxylic acids is 2. The number of rotatable bonds is 7. The summed E-state index contributed by atoms with van der Waals surface area (Å²) in [4.78, 5) is 31.0. The van der Waals surface area contributed by atoms with E-state index in [-0.39, 0.29) is 40.2 Å². The Bertz CT molecular complexity index is 1820. The van der Waals surface area contributed by atoms with E-state index >= 15 is 0 Å². The number of nitrogens with zero attached hydrogens (tertiary/aromatic N) is 7. The molecule has 3 heterocycles. The molecule has 0 bridgehead atoms. The second kappa shape index (κ2) is 11.3. The molecule has 0 aliphatic carbocycles. The van der Waals surface area contributed by atoms with Gasteiger partial charge in [-0.25, -0.2) is 9.67 Å². The summed E-state index contributed by atoms with van der Waals surface area (Å²) in [7, 11) is 0. The van der Waals surface area contributed by atoms with Gasteiger partial charge in [-0.05, 0) is 60.2 Å². The maximum Gasteiger partial charge on any atom is 0.416 e. The summed E-state index contributed by atoms with van der Waals surface area (Å²) < 4.78 is 40.5.